The molecule has 2 amide bonds. The Morgan fingerprint density at radius 3 is 2.62 bits per heavy atom. The molecule has 1 atom stereocenters. The molecule has 0 unspecified atom stereocenters. The normalized spacial score (nSPS) is 22.7. The first-order valence-corrected chi connectivity index (χ1v) is 8.60. The Kier molecular flexibility index (Phi) is 4.63. The number of aryl methyl sites for hydroxylation is 2. The molecule has 1 aromatic carbocycles. The summed E-state index contributed by atoms with van der Waals surface area (Å²) in [5.74, 6) is 0.0840. The SMILES string of the molecule is COC[C@H]1C(=O)NCC12CCN(C(=O)c1ccc(C)c(C)c1)CC2. The summed E-state index contributed by atoms with van der Waals surface area (Å²) in [5.41, 5.74) is 3.03. The van der Waals surface area contributed by atoms with Crippen molar-refractivity contribution in [2.45, 2.75) is 26.7 Å². The van der Waals surface area contributed by atoms with E-state index >= 15 is 0 Å². The summed E-state index contributed by atoms with van der Waals surface area (Å²) < 4.78 is 5.25. The zero-order valence-electron chi connectivity index (χ0n) is 14.7. The van der Waals surface area contributed by atoms with Gasteiger partial charge < -0.3 is 15.0 Å². The number of piperidine rings is 1. The van der Waals surface area contributed by atoms with Crippen LogP contribution in [0.3, 0.4) is 0 Å². The van der Waals surface area contributed by atoms with Crippen molar-refractivity contribution in [3.63, 3.8) is 0 Å². The van der Waals surface area contributed by atoms with E-state index in [2.05, 4.69) is 5.32 Å². The van der Waals surface area contributed by atoms with Crippen LogP contribution < -0.4 is 5.32 Å². The van der Waals surface area contributed by atoms with Crippen LogP contribution in [0.1, 0.15) is 34.3 Å². The average Bonchev–Trinajstić information content (AvgIpc) is 2.87. The zero-order valence-corrected chi connectivity index (χ0v) is 14.7. The summed E-state index contributed by atoms with van der Waals surface area (Å²) in [4.78, 5) is 26.7. The summed E-state index contributed by atoms with van der Waals surface area (Å²) in [6.45, 7) is 6.63. The summed E-state index contributed by atoms with van der Waals surface area (Å²) >= 11 is 0. The Morgan fingerprint density at radius 1 is 1.29 bits per heavy atom. The highest BCUT2D eigenvalue weighted by Gasteiger charge is 2.49. The highest BCUT2D eigenvalue weighted by molar-refractivity contribution is 5.94. The lowest BCUT2D eigenvalue weighted by molar-refractivity contribution is -0.126. The lowest BCUT2D eigenvalue weighted by atomic mass is 9.71. The molecule has 2 aliphatic heterocycles. The van der Waals surface area contributed by atoms with Gasteiger partial charge in [-0.05, 0) is 49.9 Å². The van der Waals surface area contributed by atoms with Crippen LogP contribution in [-0.4, -0.2) is 50.1 Å². The fourth-order valence-corrected chi connectivity index (χ4v) is 3.94. The minimum Gasteiger partial charge on any atom is -0.384 e. The molecular weight excluding hydrogens is 304 g/mol. The maximum atomic E-state index is 12.8. The van der Waals surface area contributed by atoms with Gasteiger partial charge in [0.1, 0.15) is 0 Å². The van der Waals surface area contributed by atoms with E-state index in [4.69, 9.17) is 4.74 Å². The van der Waals surface area contributed by atoms with Crippen molar-refractivity contribution in [1.82, 2.24) is 10.2 Å². The van der Waals surface area contributed by atoms with Crippen LogP contribution in [-0.2, 0) is 9.53 Å². The quantitative estimate of drug-likeness (QED) is 0.921. The Hall–Kier alpha value is -1.88. The molecule has 0 bridgehead atoms. The number of hydrogen-bond acceptors (Lipinski definition) is 3. The molecule has 2 aliphatic rings. The van der Waals surface area contributed by atoms with Gasteiger partial charge in [-0.3, -0.25) is 9.59 Å². The molecule has 2 fully saturated rings. The number of hydrogen-bond donors (Lipinski definition) is 1. The number of ether oxygens (including phenoxy) is 1. The predicted molar refractivity (Wildman–Crippen MR) is 91.9 cm³/mol. The van der Waals surface area contributed by atoms with Gasteiger partial charge in [0.15, 0.2) is 0 Å². The van der Waals surface area contributed by atoms with E-state index in [-0.39, 0.29) is 23.1 Å². The minimum absolute atomic E-state index is 0.0624. The van der Waals surface area contributed by atoms with Crippen LogP contribution in [0.15, 0.2) is 18.2 Å². The maximum absolute atomic E-state index is 12.8. The smallest absolute Gasteiger partial charge is 0.253 e. The van der Waals surface area contributed by atoms with Crippen molar-refractivity contribution < 1.29 is 14.3 Å². The number of benzene rings is 1. The second kappa shape index (κ2) is 6.55. The molecule has 1 spiro atoms. The molecular formula is C19H26N2O3. The highest BCUT2D eigenvalue weighted by Crippen LogP contribution is 2.42. The number of methoxy groups -OCH3 is 1. The molecule has 130 valence electrons. The summed E-state index contributed by atoms with van der Waals surface area (Å²) in [7, 11) is 1.64. The van der Waals surface area contributed by atoms with Crippen LogP contribution >= 0.6 is 0 Å². The van der Waals surface area contributed by atoms with E-state index in [0.717, 1.165) is 24.0 Å². The first-order chi connectivity index (χ1) is 11.5. The van der Waals surface area contributed by atoms with Gasteiger partial charge in [0, 0.05) is 37.7 Å². The third-order valence-corrected chi connectivity index (χ3v) is 5.80. The van der Waals surface area contributed by atoms with E-state index in [9.17, 15) is 9.59 Å². The maximum Gasteiger partial charge on any atom is 0.253 e. The van der Waals surface area contributed by atoms with Crippen molar-refractivity contribution in [3.8, 4) is 0 Å². The number of likely N-dealkylation sites (tertiary alicyclic amines) is 1. The Bertz CT molecular complexity index is 648. The summed E-state index contributed by atoms with van der Waals surface area (Å²) in [6, 6.07) is 5.88. The van der Waals surface area contributed by atoms with E-state index in [1.54, 1.807) is 7.11 Å². The standard InChI is InChI=1S/C19H26N2O3/c1-13-4-5-15(10-14(13)2)18(23)21-8-6-19(7-9-21)12-20-17(22)16(19)11-24-3/h4-5,10,16H,6-9,11-12H2,1-3H3,(H,20,22)/t16-/m0/s1. The van der Waals surface area contributed by atoms with Crippen LogP contribution in [0, 0.1) is 25.2 Å². The molecule has 3 rings (SSSR count). The molecule has 0 aliphatic carbocycles. The average molecular weight is 330 g/mol. The van der Waals surface area contributed by atoms with Gasteiger partial charge in [-0.2, -0.15) is 0 Å². The predicted octanol–water partition coefficient (Wildman–Crippen LogP) is 1.92. The van der Waals surface area contributed by atoms with Gasteiger partial charge in [0.25, 0.3) is 5.91 Å². The zero-order chi connectivity index (χ0) is 17.3. The van der Waals surface area contributed by atoms with Gasteiger partial charge in [-0.1, -0.05) is 6.07 Å². The molecule has 2 saturated heterocycles. The Morgan fingerprint density at radius 2 is 2.00 bits per heavy atom. The number of rotatable bonds is 3. The molecule has 1 N–H and O–H groups in total. The molecule has 1 aromatic rings. The summed E-state index contributed by atoms with van der Waals surface area (Å²) in [5, 5.41) is 2.98. The van der Waals surface area contributed by atoms with E-state index in [1.807, 2.05) is 36.9 Å². The van der Waals surface area contributed by atoms with Crippen LogP contribution in [0.25, 0.3) is 0 Å². The molecule has 24 heavy (non-hydrogen) atoms. The highest BCUT2D eigenvalue weighted by atomic mass is 16.5. The van der Waals surface area contributed by atoms with Gasteiger partial charge in [0.2, 0.25) is 5.91 Å². The number of nitrogens with one attached hydrogen (secondary N) is 1. The number of carbonyl (C=O) groups excluding carboxylic acids is 2. The van der Waals surface area contributed by atoms with Crippen LogP contribution in [0.2, 0.25) is 0 Å². The minimum atomic E-state index is -0.0960. The fraction of sp³-hybridized carbons (Fsp3) is 0.579. The lowest BCUT2D eigenvalue weighted by Gasteiger charge is -2.41. The van der Waals surface area contributed by atoms with Crippen molar-refractivity contribution in [1.29, 1.82) is 0 Å². The number of nitrogens with zero attached hydrogens (tertiary/aromatic N) is 1. The fourth-order valence-electron chi connectivity index (χ4n) is 3.94. The Balaban J connectivity index is 1.69. The molecule has 2 heterocycles. The second-order valence-electron chi connectivity index (χ2n) is 7.18. The summed E-state index contributed by atoms with van der Waals surface area (Å²) in [6.07, 6.45) is 1.69. The van der Waals surface area contributed by atoms with Crippen molar-refractivity contribution in [2.75, 3.05) is 33.4 Å². The van der Waals surface area contributed by atoms with Crippen molar-refractivity contribution in [2.24, 2.45) is 11.3 Å². The number of carbonyl (C=O) groups is 2. The molecule has 0 radical (unpaired) electrons. The largest absolute Gasteiger partial charge is 0.384 e. The van der Waals surface area contributed by atoms with Crippen molar-refractivity contribution >= 4 is 11.8 Å². The van der Waals surface area contributed by atoms with Gasteiger partial charge >= 0.3 is 0 Å². The van der Waals surface area contributed by atoms with Crippen molar-refractivity contribution in [3.05, 3.63) is 34.9 Å². The first kappa shape index (κ1) is 17.0. The molecule has 0 saturated carbocycles. The third kappa shape index (κ3) is 2.93. The number of amides is 2. The molecule has 5 heteroatoms. The van der Waals surface area contributed by atoms with E-state index in [0.29, 0.717) is 26.2 Å². The van der Waals surface area contributed by atoms with E-state index < -0.39 is 0 Å². The van der Waals surface area contributed by atoms with E-state index in [1.165, 1.54) is 5.56 Å². The van der Waals surface area contributed by atoms with Crippen LogP contribution in [0.5, 0.6) is 0 Å². The van der Waals surface area contributed by atoms with Gasteiger partial charge in [-0.15, -0.1) is 0 Å². The topological polar surface area (TPSA) is 58.6 Å². The first-order valence-electron chi connectivity index (χ1n) is 8.60. The Labute approximate surface area is 143 Å². The van der Waals surface area contributed by atoms with Crippen LogP contribution in [0.4, 0.5) is 0 Å². The molecule has 0 aromatic heterocycles. The monoisotopic (exact) mass is 330 g/mol. The van der Waals surface area contributed by atoms with Gasteiger partial charge in [-0.25, -0.2) is 0 Å². The third-order valence-electron chi connectivity index (χ3n) is 5.80. The van der Waals surface area contributed by atoms with Gasteiger partial charge in [0.05, 0.1) is 12.5 Å². The molecule has 5 nitrogen and oxygen atoms in total. The second-order valence-corrected chi connectivity index (χ2v) is 7.18. The lowest BCUT2D eigenvalue weighted by Crippen LogP contribution is -2.47.